The number of aliphatic hydroxyl groups is 3. The average Bonchev–Trinajstić information content (AvgIpc) is 3.04. The molecule has 6 rings (SSSR count). The summed E-state index contributed by atoms with van der Waals surface area (Å²) in [6, 6.07) is 26.3. The van der Waals surface area contributed by atoms with Crippen molar-refractivity contribution in [2.75, 3.05) is 10.9 Å². The molecule has 2 fully saturated rings. The number of phenolic OH excluding ortho intramolecular Hbond substituents is 1. The predicted octanol–water partition coefficient (Wildman–Crippen LogP) is 5.55. The highest BCUT2D eigenvalue weighted by Crippen LogP contribution is 2.50. The van der Waals surface area contributed by atoms with Gasteiger partial charge in [-0.25, -0.2) is 12.8 Å². The second-order valence-electron chi connectivity index (χ2n) is 11.8. The molecule has 45 heavy (non-hydrogen) atoms. The van der Waals surface area contributed by atoms with Gasteiger partial charge in [0.15, 0.2) is 0 Å². The smallest absolute Gasteiger partial charge is 0.241 e. The van der Waals surface area contributed by atoms with Crippen LogP contribution < -0.4 is 4.31 Å². The van der Waals surface area contributed by atoms with Crippen LogP contribution in [0.3, 0.4) is 0 Å². The molecule has 2 aliphatic heterocycles. The fourth-order valence-electron chi connectivity index (χ4n) is 6.43. The number of sulfonamides is 1. The molecule has 236 valence electrons. The van der Waals surface area contributed by atoms with Gasteiger partial charge >= 0.3 is 0 Å². The first-order valence-electron chi connectivity index (χ1n) is 15.0. The maximum absolute atomic E-state index is 13.6. The van der Waals surface area contributed by atoms with E-state index < -0.39 is 45.4 Å². The zero-order valence-electron chi connectivity index (χ0n) is 24.5. The molecule has 0 saturated carbocycles. The van der Waals surface area contributed by atoms with Gasteiger partial charge in [-0.3, -0.25) is 4.31 Å². The second kappa shape index (κ2) is 12.9. The summed E-state index contributed by atoms with van der Waals surface area (Å²) < 4.78 is 47.9. The first-order chi connectivity index (χ1) is 21.7. The summed E-state index contributed by atoms with van der Waals surface area (Å²) in [6.07, 6.45) is -1.16. The number of hydrogen-bond donors (Lipinski definition) is 4. The van der Waals surface area contributed by atoms with Crippen molar-refractivity contribution in [3.05, 3.63) is 120 Å². The number of halogens is 1. The largest absolute Gasteiger partial charge is 0.508 e. The highest BCUT2D eigenvalue weighted by molar-refractivity contribution is 7.95. The quantitative estimate of drug-likeness (QED) is 0.191. The summed E-state index contributed by atoms with van der Waals surface area (Å²) in [5, 5.41) is 40.8. The van der Waals surface area contributed by atoms with E-state index >= 15 is 0 Å². The number of phenols is 1. The number of hydrogen-bond acceptors (Lipinski definition) is 7. The van der Waals surface area contributed by atoms with Crippen LogP contribution in [0, 0.1) is 5.82 Å². The van der Waals surface area contributed by atoms with Crippen LogP contribution in [-0.4, -0.2) is 52.9 Å². The third kappa shape index (κ3) is 6.34. The maximum Gasteiger partial charge on any atom is 0.241 e. The van der Waals surface area contributed by atoms with Gasteiger partial charge in [-0.2, -0.15) is 0 Å². The Morgan fingerprint density at radius 2 is 1.60 bits per heavy atom. The first kappa shape index (κ1) is 31.2. The van der Waals surface area contributed by atoms with Crippen molar-refractivity contribution in [2.45, 2.75) is 61.4 Å². The molecule has 4 aromatic carbocycles. The van der Waals surface area contributed by atoms with Crippen molar-refractivity contribution in [1.29, 1.82) is 0 Å². The Bertz CT molecular complexity index is 1720. The number of aromatic hydroxyl groups is 1. The Hall–Kier alpha value is -3.80. The molecule has 0 aliphatic carbocycles. The lowest BCUT2D eigenvalue weighted by Crippen LogP contribution is -2.58. The average molecular weight is 634 g/mol. The van der Waals surface area contributed by atoms with Crippen LogP contribution in [0.2, 0.25) is 0 Å². The van der Waals surface area contributed by atoms with Gasteiger partial charge in [-0.05, 0) is 65.4 Å². The number of para-hydroxylation sites is 1. The Morgan fingerprint density at radius 1 is 0.911 bits per heavy atom. The van der Waals surface area contributed by atoms with E-state index in [1.54, 1.807) is 42.5 Å². The molecule has 2 aliphatic rings. The van der Waals surface area contributed by atoms with E-state index in [-0.39, 0.29) is 31.3 Å². The van der Waals surface area contributed by atoms with Crippen LogP contribution in [0.15, 0.2) is 97.1 Å². The summed E-state index contributed by atoms with van der Waals surface area (Å²) in [4.78, 5) is 0. The van der Waals surface area contributed by atoms with Crippen molar-refractivity contribution >= 4 is 15.7 Å². The van der Waals surface area contributed by atoms with Gasteiger partial charge in [0.25, 0.3) is 0 Å². The third-order valence-corrected chi connectivity index (χ3v) is 11.0. The molecule has 0 radical (unpaired) electrons. The van der Waals surface area contributed by atoms with E-state index in [0.717, 1.165) is 16.7 Å². The predicted molar refractivity (Wildman–Crippen MR) is 168 cm³/mol. The SMILES string of the molecule is O=S1(=O)C(CCC(O)c2ccc(F)cc2)C(c2ccc(-c3ccc(C4CC(O)CC(CO)O4)cc3)cc2O)N1c1ccccc1. The Balaban J connectivity index is 1.25. The molecule has 2 saturated heterocycles. The van der Waals surface area contributed by atoms with Crippen molar-refractivity contribution in [1.82, 2.24) is 0 Å². The molecule has 2 heterocycles. The lowest BCUT2D eigenvalue weighted by molar-refractivity contribution is -0.113. The zero-order chi connectivity index (χ0) is 31.7. The highest BCUT2D eigenvalue weighted by atomic mass is 32.2. The number of benzene rings is 4. The molecule has 0 aromatic heterocycles. The minimum atomic E-state index is -3.80. The van der Waals surface area contributed by atoms with Gasteiger partial charge in [0.1, 0.15) is 16.8 Å². The van der Waals surface area contributed by atoms with Gasteiger partial charge in [-0.1, -0.05) is 66.7 Å². The number of anilines is 1. The molecule has 6 atom stereocenters. The molecular formula is C35H36FNO7S. The Morgan fingerprint density at radius 3 is 2.27 bits per heavy atom. The van der Waals surface area contributed by atoms with E-state index in [4.69, 9.17) is 4.74 Å². The van der Waals surface area contributed by atoms with Crippen LogP contribution in [0.5, 0.6) is 5.75 Å². The van der Waals surface area contributed by atoms with Crippen molar-refractivity contribution < 1.29 is 38.0 Å². The standard InChI is InChI=1S/C35H36FNO7S/c36-26-13-10-23(11-14-26)31(40)16-17-34-35(37(45(34,42)43)27-4-2-1-3-5-27)30-15-12-25(18-32(30)41)22-6-8-24(9-7-22)33-20-28(39)19-29(21-38)44-33/h1-15,18,28-29,31,33-35,38-41H,16-17,19-21H2. The van der Waals surface area contributed by atoms with Crippen molar-refractivity contribution in [3.63, 3.8) is 0 Å². The second-order valence-corrected chi connectivity index (χ2v) is 13.8. The van der Waals surface area contributed by atoms with E-state index in [2.05, 4.69) is 0 Å². The summed E-state index contributed by atoms with van der Waals surface area (Å²) in [5.41, 5.74) is 3.88. The molecule has 4 aromatic rings. The zero-order valence-corrected chi connectivity index (χ0v) is 25.3. The van der Waals surface area contributed by atoms with E-state index in [1.807, 2.05) is 30.3 Å². The van der Waals surface area contributed by atoms with Crippen LogP contribution in [0.4, 0.5) is 10.1 Å². The minimum Gasteiger partial charge on any atom is -0.508 e. The molecule has 8 nitrogen and oxygen atoms in total. The maximum atomic E-state index is 13.6. The minimum absolute atomic E-state index is 0.0500. The van der Waals surface area contributed by atoms with Gasteiger partial charge in [0.2, 0.25) is 10.0 Å². The van der Waals surface area contributed by atoms with Gasteiger partial charge < -0.3 is 25.2 Å². The van der Waals surface area contributed by atoms with Crippen LogP contribution >= 0.6 is 0 Å². The molecule has 6 unspecified atom stereocenters. The summed E-state index contributed by atoms with van der Waals surface area (Å²) in [7, 11) is -3.80. The summed E-state index contributed by atoms with van der Waals surface area (Å²) in [5.74, 6) is -0.471. The Labute approximate surface area is 262 Å². The number of ether oxygens (including phenoxy) is 1. The van der Waals surface area contributed by atoms with E-state index in [1.165, 1.54) is 28.6 Å². The molecule has 4 N–H and O–H groups in total. The normalized spacial score (nSPS) is 25.0. The number of nitrogens with zero attached hydrogens (tertiary/aromatic N) is 1. The van der Waals surface area contributed by atoms with Gasteiger partial charge in [-0.15, -0.1) is 0 Å². The fraction of sp³-hybridized carbons (Fsp3) is 0.314. The van der Waals surface area contributed by atoms with Crippen LogP contribution in [0.1, 0.15) is 60.6 Å². The molecule has 10 heteroatoms. The summed E-state index contributed by atoms with van der Waals surface area (Å²) >= 11 is 0. The summed E-state index contributed by atoms with van der Waals surface area (Å²) in [6.45, 7) is -0.156. The molecule has 0 spiro atoms. The monoisotopic (exact) mass is 633 g/mol. The first-order valence-corrected chi connectivity index (χ1v) is 16.6. The topological polar surface area (TPSA) is 128 Å². The van der Waals surface area contributed by atoms with Crippen molar-refractivity contribution in [3.8, 4) is 16.9 Å². The molecule has 0 bridgehead atoms. The van der Waals surface area contributed by atoms with Crippen LogP contribution in [0.25, 0.3) is 11.1 Å². The lowest BCUT2D eigenvalue weighted by Gasteiger charge is -2.48. The van der Waals surface area contributed by atoms with E-state index in [0.29, 0.717) is 29.7 Å². The van der Waals surface area contributed by atoms with Crippen molar-refractivity contribution in [2.24, 2.45) is 0 Å². The number of aliphatic hydroxyl groups excluding tert-OH is 3. The fourth-order valence-corrected chi connectivity index (χ4v) is 8.55. The molecule has 0 amide bonds. The highest BCUT2D eigenvalue weighted by Gasteiger charge is 2.54. The Kier molecular flexibility index (Phi) is 8.94. The lowest BCUT2D eigenvalue weighted by atomic mass is 9.92. The van der Waals surface area contributed by atoms with E-state index in [9.17, 15) is 33.2 Å². The van der Waals surface area contributed by atoms with Gasteiger partial charge in [0.05, 0.1) is 42.8 Å². The van der Waals surface area contributed by atoms with Gasteiger partial charge in [0, 0.05) is 18.4 Å². The van der Waals surface area contributed by atoms with Crippen LogP contribution in [-0.2, 0) is 14.8 Å². The molecular weight excluding hydrogens is 597 g/mol. The number of rotatable bonds is 9. The third-order valence-electron chi connectivity index (χ3n) is 8.80.